The Bertz CT molecular complexity index is 531. The number of tetrazole rings is 1. The summed E-state index contributed by atoms with van der Waals surface area (Å²) in [6.45, 7) is 0. The second-order valence-electron chi connectivity index (χ2n) is 3.48. The molecule has 1 aromatic heterocycles. The quantitative estimate of drug-likeness (QED) is 0.874. The number of H-pyrrole nitrogens is 1. The van der Waals surface area contributed by atoms with Gasteiger partial charge in [0.15, 0.2) is 17.3 Å². The molecule has 3 N–H and O–H groups in total. The van der Waals surface area contributed by atoms with Crippen LogP contribution >= 0.6 is 15.9 Å². The van der Waals surface area contributed by atoms with Gasteiger partial charge in [-0.15, -0.1) is 10.2 Å². The van der Waals surface area contributed by atoms with Crippen LogP contribution in [-0.2, 0) is 0 Å². The van der Waals surface area contributed by atoms with Crippen molar-refractivity contribution < 1.29 is 9.47 Å². The first-order valence-corrected chi connectivity index (χ1v) is 5.87. The first-order valence-electron chi connectivity index (χ1n) is 5.07. The minimum atomic E-state index is -0.502. The molecule has 0 bridgehead atoms. The fourth-order valence-electron chi connectivity index (χ4n) is 1.55. The van der Waals surface area contributed by atoms with Crippen LogP contribution in [0.1, 0.15) is 17.4 Å². The van der Waals surface area contributed by atoms with E-state index in [-0.39, 0.29) is 0 Å². The van der Waals surface area contributed by atoms with Crippen molar-refractivity contribution in [1.82, 2.24) is 20.6 Å². The lowest BCUT2D eigenvalue weighted by Gasteiger charge is -2.14. The number of aromatic amines is 1. The van der Waals surface area contributed by atoms with E-state index in [0.29, 0.717) is 17.3 Å². The van der Waals surface area contributed by atoms with Crippen molar-refractivity contribution in [3.8, 4) is 11.5 Å². The predicted molar refractivity (Wildman–Crippen MR) is 67.5 cm³/mol. The van der Waals surface area contributed by atoms with Crippen LogP contribution in [0, 0.1) is 0 Å². The van der Waals surface area contributed by atoms with E-state index in [1.54, 1.807) is 26.4 Å². The number of nitrogens with one attached hydrogen (secondary N) is 1. The summed E-state index contributed by atoms with van der Waals surface area (Å²) >= 11 is 3.44. The first-order chi connectivity index (χ1) is 8.67. The van der Waals surface area contributed by atoms with Gasteiger partial charge in [0.1, 0.15) is 0 Å². The SMILES string of the molecule is COc1cc(Br)c(C(N)c2nn[nH]n2)cc1OC. The van der Waals surface area contributed by atoms with E-state index < -0.39 is 6.04 Å². The Kier molecular flexibility index (Phi) is 3.78. The summed E-state index contributed by atoms with van der Waals surface area (Å²) in [5.41, 5.74) is 6.85. The standard InChI is InChI=1S/C10H12BrN5O2/c1-17-7-3-5(6(11)4-8(7)18-2)9(12)10-13-15-16-14-10/h3-4,9H,12H2,1-2H3,(H,13,14,15,16). The molecule has 96 valence electrons. The molecule has 0 radical (unpaired) electrons. The van der Waals surface area contributed by atoms with Gasteiger partial charge in [-0.05, 0) is 17.7 Å². The van der Waals surface area contributed by atoms with E-state index in [1.165, 1.54) is 0 Å². The topological polar surface area (TPSA) is 98.9 Å². The zero-order chi connectivity index (χ0) is 13.1. The van der Waals surface area contributed by atoms with Crippen LogP contribution in [-0.4, -0.2) is 34.8 Å². The molecule has 1 atom stereocenters. The molecule has 2 aromatic rings. The number of nitrogens with two attached hydrogens (primary N) is 1. The third-order valence-electron chi connectivity index (χ3n) is 2.48. The monoisotopic (exact) mass is 313 g/mol. The number of nitrogens with zero attached hydrogens (tertiary/aromatic N) is 3. The van der Waals surface area contributed by atoms with Gasteiger partial charge in [0.25, 0.3) is 0 Å². The second-order valence-corrected chi connectivity index (χ2v) is 4.33. The first kappa shape index (κ1) is 12.8. The van der Waals surface area contributed by atoms with Crippen LogP contribution < -0.4 is 15.2 Å². The summed E-state index contributed by atoms with van der Waals surface area (Å²) < 4.78 is 11.2. The van der Waals surface area contributed by atoms with Crippen molar-refractivity contribution in [2.24, 2.45) is 5.73 Å². The van der Waals surface area contributed by atoms with Crippen molar-refractivity contribution in [2.75, 3.05) is 14.2 Å². The maximum absolute atomic E-state index is 6.07. The Morgan fingerprint density at radius 2 is 1.94 bits per heavy atom. The number of halogens is 1. The molecule has 7 nitrogen and oxygen atoms in total. The average molecular weight is 314 g/mol. The number of ether oxygens (including phenoxy) is 2. The van der Waals surface area contributed by atoms with Crippen molar-refractivity contribution >= 4 is 15.9 Å². The summed E-state index contributed by atoms with van der Waals surface area (Å²) in [7, 11) is 3.14. The van der Waals surface area contributed by atoms with Crippen molar-refractivity contribution in [3.63, 3.8) is 0 Å². The summed E-state index contributed by atoms with van der Waals surface area (Å²) in [5, 5.41) is 13.6. The van der Waals surface area contributed by atoms with Gasteiger partial charge in [-0.3, -0.25) is 0 Å². The molecule has 1 heterocycles. The molecule has 0 saturated heterocycles. The van der Waals surface area contributed by atoms with E-state index in [1.807, 2.05) is 0 Å². The Hall–Kier alpha value is -1.67. The zero-order valence-electron chi connectivity index (χ0n) is 9.85. The van der Waals surface area contributed by atoms with Crippen molar-refractivity contribution in [1.29, 1.82) is 0 Å². The lowest BCUT2D eigenvalue weighted by Crippen LogP contribution is -2.14. The van der Waals surface area contributed by atoms with Gasteiger partial charge >= 0.3 is 0 Å². The molecule has 0 aliphatic rings. The Morgan fingerprint density at radius 3 is 2.50 bits per heavy atom. The number of aromatic nitrogens is 4. The van der Waals surface area contributed by atoms with E-state index in [0.717, 1.165) is 10.0 Å². The number of rotatable bonds is 4. The van der Waals surface area contributed by atoms with Crippen LogP contribution in [0.3, 0.4) is 0 Å². The van der Waals surface area contributed by atoms with E-state index >= 15 is 0 Å². The van der Waals surface area contributed by atoms with Gasteiger partial charge in [0.2, 0.25) is 0 Å². The number of hydrogen-bond donors (Lipinski definition) is 2. The van der Waals surface area contributed by atoms with Crippen LogP contribution in [0.5, 0.6) is 11.5 Å². The lowest BCUT2D eigenvalue weighted by molar-refractivity contribution is 0.354. The van der Waals surface area contributed by atoms with Gasteiger partial charge in [0, 0.05) is 4.47 Å². The van der Waals surface area contributed by atoms with Crippen molar-refractivity contribution in [2.45, 2.75) is 6.04 Å². The van der Waals surface area contributed by atoms with E-state index in [4.69, 9.17) is 15.2 Å². The molecule has 2 rings (SSSR count). The molecule has 18 heavy (non-hydrogen) atoms. The maximum Gasteiger partial charge on any atom is 0.195 e. The number of benzene rings is 1. The van der Waals surface area contributed by atoms with E-state index in [9.17, 15) is 0 Å². The molecule has 0 saturated carbocycles. The van der Waals surface area contributed by atoms with Crippen molar-refractivity contribution in [3.05, 3.63) is 28.0 Å². The molecule has 0 aliphatic carbocycles. The molecule has 1 unspecified atom stereocenters. The number of hydrogen-bond acceptors (Lipinski definition) is 6. The Balaban J connectivity index is 2.45. The van der Waals surface area contributed by atoms with Gasteiger partial charge in [-0.1, -0.05) is 21.1 Å². The third kappa shape index (κ3) is 2.29. The summed E-state index contributed by atoms with van der Waals surface area (Å²) in [4.78, 5) is 0. The second kappa shape index (κ2) is 5.32. The zero-order valence-corrected chi connectivity index (χ0v) is 11.4. The Morgan fingerprint density at radius 1 is 1.28 bits per heavy atom. The van der Waals surface area contributed by atoms with Crippen LogP contribution in [0.4, 0.5) is 0 Å². The fraction of sp³-hybridized carbons (Fsp3) is 0.300. The molecule has 0 amide bonds. The lowest BCUT2D eigenvalue weighted by atomic mass is 10.1. The van der Waals surface area contributed by atoms with Crippen LogP contribution in [0.15, 0.2) is 16.6 Å². The fourth-order valence-corrected chi connectivity index (χ4v) is 2.12. The predicted octanol–water partition coefficient (Wildman–Crippen LogP) is 1.03. The molecular weight excluding hydrogens is 302 g/mol. The summed E-state index contributed by atoms with van der Waals surface area (Å²) in [6, 6.07) is 3.07. The molecule has 0 fully saturated rings. The molecule has 0 spiro atoms. The van der Waals surface area contributed by atoms with Crippen LogP contribution in [0.25, 0.3) is 0 Å². The minimum Gasteiger partial charge on any atom is -0.493 e. The molecule has 1 aromatic carbocycles. The normalized spacial score (nSPS) is 12.2. The highest BCUT2D eigenvalue weighted by atomic mass is 79.9. The average Bonchev–Trinajstić information content (AvgIpc) is 2.91. The highest BCUT2D eigenvalue weighted by molar-refractivity contribution is 9.10. The van der Waals surface area contributed by atoms with Gasteiger partial charge in [-0.25, -0.2) is 0 Å². The smallest absolute Gasteiger partial charge is 0.195 e. The van der Waals surface area contributed by atoms with Crippen LogP contribution in [0.2, 0.25) is 0 Å². The molecule has 8 heteroatoms. The Labute approximate surface area is 112 Å². The highest BCUT2D eigenvalue weighted by Crippen LogP contribution is 2.36. The maximum atomic E-state index is 6.07. The largest absolute Gasteiger partial charge is 0.493 e. The van der Waals surface area contributed by atoms with Gasteiger partial charge in [0.05, 0.1) is 20.3 Å². The third-order valence-corrected chi connectivity index (χ3v) is 3.16. The van der Waals surface area contributed by atoms with Gasteiger partial charge in [-0.2, -0.15) is 5.21 Å². The molecule has 0 aliphatic heterocycles. The molecular formula is C10H12BrN5O2. The summed E-state index contributed by atoms with van der Waals surface area (Å²) in [5.74, 6) is 1.62. The number of methoxy groups -OCH3 is 2. The minimum absolute atomic E-state index is 0.405. The highest BCUT2D eigenvalue weighted by Gasteiger charge is 2.19. The van der Waals surface area contributed by atoms with E-state index in [2.05, 4.69) is 36.6 Å². The van der Waals surface area contributed by atoms with Gasteiger partial charge < -0.3 is 15.2 Å². The summed E-state index contributed by atoms with van der Waals surface area (Å²) in [6.07, 6.45) is 0.